The van der Waals surface area contributed by atoms with Crippen LogP contribution in [-0.2, 0) is 22.7 Å². The van der Waals surface area contributed by atoms with Crippen molar-refractivity contribution < 1.29 is 18.3 Å². The molecule has 5 nitrogen and oxygen atoms in total. The van der Waals surface area contributed by atoms with Gasteiger partial charge < -0.3 is 14.2 Å². The molecule has 9 heteroatoms. The summed E-state index contributed by atoms with van der Waals surface area (Å²) in [6.45, 7) is 0.473. The third kappa shape index (κ3) is 3.87. The number of methoxy groups -OCH3 is 1. The van der Waals surface area contributed by atoms with Gasteiger partial charge in [0.05, 0.1) is 23.6 Å². The lowest BCUT2D eigenvalue weighted by Gasteiger charge is -2.17. The number of hydrogen-bond acceptors (Lipinski definition) is 4. The van der Waals surface area contributed by atoms with Crippen molar-refractivity contribution in [1.29, 1.82) is 0 Å². The van der Waals surface area contributed by atoms with Gasteiger partial charge in [0.2, 0.25) is 5.91 Å². The molecule has 0 radical (unpaired) electrons. The Morgan fingerprint density at radius 3 is 2.87 bits per heavy atom. The van der Waals surface area contributed by atoms with Crippen LogP contribution >= 0.6 is 22.9 Å². The normalized spacial score (nSPS) is 16.5. The molecule has 2 aromatic heterocycles. The van der Waals surface area contributed by atoms with Gasteiger partial charge in [0.25, 0.3) is 5.56 Å². The Hall–Kier alpha value is -2.29. The van der Waals surface area contributed by atoms with Gasteiger partial charge in [-0.3, -0.25) is 9.59 Å². The van der Waals surface area contributed by atoms with Crippen LogP contribution in [0.25, 0.3) is 21.2 Å². The number of nitrogens with zero attached hydrogens (tertiary/aromatic N) is 2. The number of carbonyl (C=O) groups is 1. The van der Waals surface area contributed by atoms with Gasteiger partial charge in [-0.2, -0.15) is 0 Å². The molecule has 158 valence electrons. The molecule has 1 atom stereocenters. The number of benzene rings is 1. The van der Waals surface area contributed by atoms with Gasteiger partial charge in [-0.05, 0) is 24.1 Å². The van der Waals surface area contributed by atoms with E-state index in [9.17, 15) is 18.4 Å². The molecule has 3 aromatic rings. The molecule has 30 heavy (non-hydrogen) atoms. The lowest BCUT2D eigenvalue weighted by atomic mass is 10.0. The number of aromatic nitrogens is 1. The molecule has 0 bridgehead atoms. The minimum absolute atomic E-state index is 0.0368. The highest BCUT2D eigenvalue weighted by atomic mass is 35.5. The molecule has 0 saturated carbocycles. The number of fused-ring (bicyclic) bond motifs is 1. The molecule has 1 aliphatic heterocycles. The van der Waals surface area contributed by atoms with Gasteiger partial charge in [-0.1, -0.05) is 17.7 Å². The van der Waals surface area contributed by atoms with E-state index in [4.69, 9.17) is 16.3 Å². The Morgan fingerprint density at radius 2 is 2.20 bits per heavy atom. The Morgan fingerprint density at radius 1 is 1.40 bits per heavy atom. The summed E-state index contributed by atoms with van der Waals surface area (Å²) in [4.78, 5) is 27.3. The first-order chi connectivity index (χ1) is 14.4. The summed E-state index contributed by atoms with van der Waals surface area (Å²) in [5.41, 5.74) is 1.64. The second-order valence-corrected chi connectivity index (χ2v) is 8.52. The van der Waals surface area contributed by atoms with E-state index in [2.05, 4.69) is 0 Å². The Bertz CT molecular complexity index is 1180. The summed E-state index contributed by atoms with van der Waals surface area (Å²) in [5, 5.41) is 2.20. The number of carbonyl (C=O) groups excluding carboxylic acids is 1. The zero-order chi connectivity index (χ0) is 21.4. The van der Waals surface area contributed by atoms with Crippen LogP contribution < -0.4 is 5.56 Å². The average Bonchev–Trinajstić information content (AvgIpc) is 3.35. The van der Waals surface area contributed by atoms with Crippen LogP contribution in [-0.4, -0.2) is 41.7 Å². The second kappa shape index (κ2) is 8.45. The molecular weight excluding hydrogens is 434 g/mol. The predicted molar refractivity (Wildman–Crippen MR) is 113 cm³/mol. The van der Waals surface area contributed by atoms with Crippen molar-refractivity contribution in [1.82, 2.24) is 9.47 Å². The highest BCUT2D eigenvalue weighted by Crippen LogP contribution is 2.35. The third-order valence-electron chi connectivity index (χ3n) is 5.19. The van der Waals surface area contributed by atoms with E-state index in [0.29, 0.717) is 29.5 Å². The molecule has 1 unspecified atom stereocenters. The highest BCUT2D eigenvalue weighted by Gasteiger charge is 2.26. The fourth-order valence-corrected chi connectivity index (χ4v) is 4.95. The Balaban J connectivity index is 1.81. The zero-order valence-electron chi connectivity index (χ0n) is 16.2. The maximum Gasteiger partial charge on any atom is 0.260 e. The van der Waals surface area contributed by atoms with E-state index in [-0.39, 0.29) is 36.2 Å². The third-order valence-corrected chi connectivity index (χ3v) is 6.53. The van der Waals surface area contributed by atoms with Gasteiger partial charge in [-0.15, -0.1) is 11.3 Å². The van der Waals surface area contributed by atoms with Crippen LogP contribution in [0.15, 0.2) is 34.6 Å². The summed E-state index contributed by atoms with van der Waals surface area (Å²) in [6.07, 6.45) is 0.908. The predicted octanol–water partition coefficient (Wildman–Crippen LogP) is 4.24. The van der Waals surface area contributed by atoms with Crippen molar-refractivity contribution in [2.75, 3.05) is 20.2 Å². The molecule has 0 aliphatic carbocycles. The topological polar surface area (TPSA) is 51.5 Å². The number of amides is 1. The van der Waals surface area contributed by atoms with Crippen molar-refractivity contribution in [3.63, 3.8) is 0 Å². The number of halogens is 3. The van der Waals surface area contributed by atoms with Gasteiger partial charge >= 0.3 is 0 Å². The smallest absolute Gasteiger partial charge is 0.260 e. The molecule has 3 heterocycles. The first-order valence-electron chi connectivity index (χ1n) is 9.38. The molecule has 1 fully saturated rings. The highest BCUT2D eigenvalue weighted by molar-refractivity contribution is 7.18. The van der Waals surface area contributed by atoms with Crippen molar-refractivity contribution in [2.45, 2.75) is 25.7 Å². The summed E-state index contributed by atoms with van der Waals surface area (Å²) < 4.78 is 34.4. The molecule has 4 rings (SSSR count). The van der Waals surface area contributed by atoms with Gasteiger partial charge in [-0.25, -0.2) is 8.78 Å². The number of hydrogen-bond donors (Lipinski definition) is 0. The van der Waals surface area contributed by atoms with E-state index in [1.807, 2.05) is 5.38 Å². The molecule has 1 aromatic carbocycles. The molecule has 1 aliphatic rings. The zero-order valence-corrected chi connectivity index (χ0v) is 17.7. The minimum atomic E-state index is -1.02. The number of pyridine rings is 1. The summed E-state index contributed by atoms with van der Waals surface area (Å²) >= 11 is 7.31. The lowest BCUT2D eigenvalue weighted by Crippen LogP contribution is -2.35. The van der Waals surface area contributed by atoms with Crippen LogP contribution in [0.5, 0.6) is 0 Å². The monoisotopic (exact) mass is 452 g/mol. The van der Waals surface area contributed by atoms with Gasteiger partial charge in [0, 0.05) is 41.1 Å². The first kappa shape index (κ1) is 21.0. The van der Waals surface area contributed by atoms with E-state index in [0.717, 1.165) is 10.3 Å². The number of alkyl halides is 1. The van der Waals surface area contributed by atoms with Crippen LogP contribution in [0.3, 0.4) is 0 Å². The van der Waals surface area contributed by atoms with E-state index in [1.54, 1.807) is 19.4 Å². The number of ether oxygens (including phenoxy) is 1. The average molecular weight is 453 g/mol. The largest absolute Gasteiger partial charge is 0.380 e. The fourth-order valence-electron chi connectivity index (χ4n) is 3.70. The molecule has 1 saturated heterocycles. The summed E-state index contributed by atoms with van der Waals surface area (Å²) in [5.74, 6) is -0.846. The first-order valence-corrected chi connectivity index (χ1v) is 10.6. The van der Waals surface area contributed by atoms with Gasteiger partial charge in [0.1, 0.15) is 18.5 Å². The van der Waals surface area contributed by atoms with Crippen molar-refractivity contribution in [2.24, 2.45) is 0 Å². The maximum absolute atomic E-state index is 13.6. The number of rotatable bonds is 5. The van der Waals surface area contributed by atoms with Crippen molar-refractivity contribution >= 4 is 38.9 Å². The van der Waals surface area contributed by atoms with E-state index in [1.165, 1.54) is 32.9 Å². The second-order valence-electron chi connectivity index (χ2n) is 7.23. The Kier molecular flexibility index (Phi) is 5.90. The van der Waals surface area contributed by atoms with Crippen LogP contribution in [0, 0.1) is 5.82 Å². The Labute approximate surface area is 180 Å². The molecule has 0 spiro atoms. The van der Waals surface area contributed by atoms with Gasteiger partial charge in [0.15, 0.2) is 0 Å². The lowest BCUT2D eigenvalue weighted by molar-refractivity contribution is -0.131. The standard InChI is InChI=1S/C21H19ClF2N2O3S/c1-29-10-13-7-26(9-18(27)25-5-4-14(23)8-25)21(28)19-15(11-30-20(13)19)12-2-3-17(24)16(22)6-12/h2-3,6-7,11,14H,4-5,8-10H2,1H3. The van der Waals surface area contributed by atoms with E-state index < -0.39 is 12.0 Å². The van der Waals surface area contributed by atoms with Crippen LogP contribution in [0.2, 0.25) is 5.02 Å². The minimum Gasteiger partial charge on any atom is -0.380 e. The quantitative estimate of drug-likeness (QED) is 0.582. The van der Waals surface area contributed by atoms with Crippen LogP contribution in [0.1, 0.15) is 12.0 Å². The summed E-state index contributed by atoms with van der Waals surface area (Å²) in [6, 6.07) is 4.29. The van der Waals surface area contributed by atoms with E-state index >= 15 is 0 Å². The summed E-state index contributed by atoms with van der Waals surface area (Å²) in [7, 11) is 1.55. The SMILES string of the molecule is COCc1cn(CC(=O)N2CCC(F)C2)c(=O)c2c(-c3ccc(F)c(Cl)c3)csc12. The van der Waals surface area contributed by atoms with Crippen molar-refractivity contribution in [3.05, 3.63) is 56.5 Å². The molecule has 0 N–H and O–H groups in total. The van der Waals surface area contributed by atoms with Crippen molar-refractivity contribution in [3.8, 4) is 11.1 Å². The molecule has 1 amide bonds. The number of likely N-dealkylation sites (tertiary alicyclic amines) is 1. The molecular formula is C21H19ClF2N2O3S. The fraction of sp³-hybridized carbons (Fsp3) is 0.333. The van der Waals surface area contributed by atoms with Crippen LogP contribution in [0.4, 0.5) is 8.78 Å². The number of thiophene rings is 1. The maximum atomic E-state index is 13.6.